The lowest BCUT2D eigenvalue weighted by atomic mass is 10.1. The maximum atomic E-state index is 15.0. The molecule has 0 aliphatic heterocycles. The Morgan fingerprint density at radius 1 is 1.21 bits per heavy atom. The first-order chi connectivity index (χ1) is 16.5. The predicted molar refractivity (Wildman–Crippen MR) is 140 cm³/mol. The molecule has 0 fully saturated rings. The zero-order chi connectivity index (χ0) is 24.3. The van der Waals surface area contributed by atoms with Gasteiger partial charge in [0.05, 0.1) is 0 Å². The van der Waals surface area contributed by atoms with Gasteiger partial charge in [-0.2, -0.15) is 0 Å². The van der Waals surface area contributed by atoms with E-state index >= 15 is 0 Å². The molecule has 0 spiro atoms. The van der Waals surface area contributed by atoms with Crippen molar-refractivity contribution in [2.75, 3.05) is 5.32 Å². The molecule has 34 heavy (non-hydrogen) atoms. The molecule has 172 valence electrons. The maximum Gasteiger partial charge on any atom is 0.149 e. The summed E-state index contributed by atoms with van der Waals surface area (Å²) in [5, 5.41) is 3.96. The third kappa shape index (κ3) is 6.91. The third-order valence-electron chi connectivity index (χ3n) is 4.76. The monoisotopic (exact) mass is 471 g/mol. The van der Waals surface area contributed by atoms with Crippen LogP contribution in [0.15, 0.2) is 73.0 Å². The van der Waals surface area contributed by atoms with Gasteiger partial charge in [-0.3, -0.25) is 9.97 Å². The summed E-state index contributed by atoms with van der Waals surface area (Å²) in [4.78, 5) is 17.0. The van der Waals surface area contributed by atoms with E-state index in [2.05, 4.69) is 59.3 Å². The van der Waals surface area contributed by atoms with Gasteiger partial charge in [-0.25, -0.2) is 14.4 Å². The fraction of sp³-hybridized carbons (Fsp3) is 0.185. The van der Waals surface area contributed by atoms with E-state index in [9.17, 15) is 4.39 Å². The van der Waals surface area contributed by atoms with Gasteiger partial charge >= 0.3 is 0 Å². The van der Waals surface area contributed by atoms with Crippen molar-refractivity contribution in [3.8, 4) is 11.8 Å². The Balaban J connectivity index is 1.77. The van der Waals surface area contributed by atoms with Gasteiger partial charge in [0.15, 0.2) is 0 Å². The van der Waals surface area contributed by atoms with E-state index < -0.39 is 0 Å². The van der Waals surface area contributed by atoms with Gasteiger partial charge in [-0.05, 0) is 50.0 Å². The number of hydrogen-bond donors (Lipinski definition) is 1. The zero-order valence-electron chi connectivity index (χ0n) is 19.5. The summed E-state index contributed by atoms with van der Waals surface area (Å²) < 4.78 is 15.0. The van der Waals surface area contributed by atoms with Crippen LogP contribution in [0.1, 0.15) is 49.7 Å². The molecule has 3 aromatic heterocycles. The van der Waals surface area contributed by atoms with Crippen LogP contribution in [0.25, 0.3) is 5.57 Å². The van der Waals surface area contributed by atoms with Crippen LogP contribution in [0.2, 0.25) is 0 Å². The van der Waals surface area contributed by atoms with Gasteiger partial charge in [0.25, 0.3) is 0 Å². The van der Waals surface area contributed by atoms with E-state index in [0.29, 0.717) is 29.3 Å². The fourth-order valence-corrected chi connectivity index (χ4v) is 3.50. The first kappa shape index (κ1) is 25.0. The molecule has 0 saturated carbocycles. The van der Waals surface area contributed by atoms with Crippen molar-refractivity contribution in [3.63, 3.8) is 0 Å². The Morgan fingerprint density at radius 2 is 2.06 bits per heavy atom. The number of nitrogens with one attached hydrogen (secondary N) is 1. The van der Waals surface area contributed by atoms with Crippen molar-refractivity contribution in [1.29, 1.82) is 0 Å². The molecule has 3 heterocycles. The highest BCUT2D eigenvalue weighted by Crippen LogP contribution is 2.21. The standard InChI is InChI=1S/C27H27FN5P/c1-4-7-19(3)13-22(8-5-2)25-23(28)14-21(16-30-25)17-31-27-26(34)24(32-18-33-27)11-10-20-9-6-12-29-15-20/h5-9,12-16,18H,4,17,34H2,1-3H3,(H,31,32,33)/b8-5-,19-7+,22-13+. The Hall–Kier alpha value is -3.68. The molecule has 1 atom stereocenters. The Bertz CT molecular complexity index is 1290. The van der Waals surface area contributed by atoms with Crippen molar-refractivity contribution in [2.45, 2.75) is 33.7 Å². The van der Waals surface area contributed by atoms with Crippen molar-refractivity contribution < 1.29 is 4.39 Å². The molecule has 0 saturated heterocycles. The summed E-state index contributed by atoms with van der Waals surface area (Å²) in [6.45, 7) is 6.33. The van der Waals surface area contributed by atoms with E-state index in [4.69, 9.17) is 0 Å². The van der Waals surface area contributed by atoms with Crippen molar-refractivity contribution in [2.24, 2.45) is 0 Å². The number of allylic oxidation sites excluding steroid dienone is 6. The summed E-state index contributed by atoms with van der Waals surface area (Å²) in [7, 11) is 2.62. The Kier molecular flexibility index (Phi) is 9.20. The summed E-state index contributed by atoms with van der Waals surface area (Å²) in [5.41, 5.74) is 4.22. The van der Waals surface area contributed by atoms with Crippen molar-refractivity contribution in [1.82, 2.24) is 19.9 Å². The largest absolute Gasteiger partial charge is 0.365 e. The van der Waals surface area contributed by atoms with Gasteiger partial charge in [-0.1, -0.05) is 52.0 Å². The van der Waals surface area contributed by atoms with Gasteiger partial charge < -0.3 is 5.32 Å². The molecule has 0 radical (unpaired) electrons. The quantitative estimate of drug-likeness (QED) is 0.290. The van der Waals surface area contributed by atoms with E-state index in [1.54, 1.807) is 18.6 Å². The molecular formula is C27H27FN5P. The number of halogens is 1. The minimum Gasteiger partial charge on any atom is -0.365 e. The Labute approximate surface area is 202 Å². The smallest absolute Gasteiger partial charge is 0.149 e. The summed E-state index contributed by atoms with van der Waals surface area (Å²) >= 11 is 0. The number of aromatic nitrogens is 4. The van der Waals surface area contributed by atoms with E-state index in [-0.39, 0.29) is 5.82 Å². The van der Waals surface area contributed by atoms with Crippen LogP contribution in [0, 0.1) is 17.7 Å². The lowest BCUT2D eigenvalue weighted by Gasteiger charge is -2.10. The van der Waals surface area contributed by atoms with Crippen LogP contribution in [-0.4, -0.2) is 19.9 Å². The molecular weight excluding hydrogens is 444 g/mol. The number of rotatable bonds is 7. The Morgan fingerprint density at radius 3 is 2.76 bits per heavy atom. The molecule has 5 nitrogen and oxygen atoms in total. The number of nitrogens with zero attached hydrogens (tertiary/aromatic N) is 4. The highest BCUT2D eigenvalue weighted by Gasteiger charge is 2.10. The molecule has 0 bridgehead atoms. The maximum absolute atomic E-state index is 15.0. The zero-order valence-corrected chi connectivity index (χ0v) is 20.7. The second-order valence-electron chi connectivity index (χ2n) is 7.46. The summed E-state index contributed by atoms with van der Waals surface area (Å²) in [6.07, 6.45) is 15.2. The first-order valence-corrected chi connectivity index (χ1v) is 11.5. The SMILES string of the molecule is C\C=C/C(=C\C(C)=C\CC)c1ncc(CNc2ncnc(C#Cc3cccnc3)c2P)cc1F. The number of pyridine rings is 2. The van der Waals surface area contributed by atoms with Crippen LogP contribution in [0.5, 0.6) is 0 Å². The normalized spacial score (nSPS) is 11.9. The topological polar surface area (TPSA) is 63.6 Å². The van der Waals surface area contributed by atoms with Gasteiger partial charge in [-0.15, -0.1) is 0 Å². The third-order valence-corrected chi connectivity index (χ3v) is 5.30. The molecule has 7 heteroatoms. The van der Waals surface area contributed by atoms with E-state index in [1.807, 2.05) is 44.2 Å². The van der Waals surface area contributed by atoms with Gasteiger partial charge in [0.2, 0.25) is 0 Å². The number of hydrogen-bond acceptors (Lipinski definition) is 5. The minimum atomic E-state index is -0.371. The highest BCUT2D eigenvalue weighted by molar-refractivity contribution is 7.28. The van der Waals surface area contributed by atoms with Crippen LogP contribution in [-0.2, 0) is 6.54 Å². The molecule has 3 aromatic rings. The average Bonchev–Trinajstić information content (AvgIpc) is 2.83. The van der Waals surface area contributed by atoms with Gasteiger partial charge in [0, 0.05) is 41.6 Å². The first-order valence-electron chi connectivity index (χ1n) is 10.9. The van der Waals surface area contributed by atoms with E-state index in [0.717, 1.165) is 28.4 Å². The molecule has 0 amide bonds. The predicted octanol–water partition coefficient (Wildman–Crippen LogP) is 5.23. The molecule has 0 aromatic carbocycles. The average molecular weight is 472 g/mol. The van der Waals surface area contributed by atoms with Gasteiger partial charge in [0.1, 0.15) is 29.4 Å². The molecule has 0 aliphatic rings. The molecule has 1 unspecified atom stereocenters. The molecule has 0 aliphatic carbocycles. The minimum absolute atomic E-state index is 0.326. The summed E-state index contributed by atoms with van der Waals surface area (Å²) in [6, 6.07) is 5.21. The van der Waals surface area contributed by atoms with Crippen LogP contribution >= 0.6 is 9.24 Å². The summed E-state index contributed by atoms with van der Waals surface area (Å²) in [5.74, 6) is 6.32. The van der Waals surface area contributed by atoms with Crippen LogP contribution < -0.4 is 10.6 Å². The van der Waals surface area contributed by atoms with Crippen molar-refractivity contribution >= 4 is 25.9 Å². The second-order valence-corrected chi connectivity index (χ2v) is 8.04. The van der Waals surface area contributed by atoms with Crippen molar-refractivity contribution in [3.05, 3.63) is 101 Å². The molecule has 3 rings (SSSR count). The number of anilines is 1. The lowest BCUT2D eigenvalue weighted by molar-refractivity contribution is 0.614. The lowest BCUT2D eigenvalue weighted by Crippen LogP contribution is -2.13. The van der Waals surface area contributed by atoms with Crippen LogP contribution in [0.3, 0.4) is 0 Å². The van der Waals surface area contributed by atoms with E-state index in [1.165, 1.54) is 12.4 Å². The molecule has 1 N–H and O–H groups in total. The highest BCUT2D eigenvalue weighted by atomic mass is 31.0. The second kappa shape index (κ2) is 12.5. The van der Waals surface area contributed by atoms with Crippen LogP contribution in [0.4, 0.5) is 10.2 Å². The fourth-order valence-electron chi connectivity index (χ4n) is 3.18.